The first-order valence-electron chi connectivity index (χ1n) is 11.3. The highest BCUT2D eigenvalue weighted by atomic mass is 32.1. The Balaban J connectivity index is 1.11. The number of hydrogen-bond donors (Lipinski definition) is 2. The Morgan fingerprint density at radius 2 is 1.60 bits per heavy atom. The third-order valence-corrected chi connectivity index (χ3v) is 6.86. The first-order chi connectivity index (χ1) is 17.0. The molecule has 0 bridgehead atoms. The van der Waals surface area contributed by atoms with Crippen molar-refractivity contribution in [3.05, 3.63) is 89.7 Å². The van der Waals surface area contributed by atoms with Gasteiger partial charge in [-0.15, -0.1) is 0 Å². The van der Waals surface area contributed by atoms with Crippen molar-refractivity contribution in [2.75, 3.05) is 36.8 Å². The number of benzene rings is 3. The minimum absolute atomic E-state index is 0.187. The first-order valence-corrected chi connectivity index (χ1v) is 12.2. The van der Waals surface area contributed by atoms with Crippen LogP contribution in [0.15, 0.2) is 72.8 Å². The van der Waals surface area contributed by atoms with Crippen molar-refractivity contribution in [2.24, 2.45) is 0 Å². The fourth-order valence-corrected chi connectivity index (χ4v) is 4.84. The van der Waals surface area contributed by atoms with E-state index in [1.807, 2.05) is 48.5 Å². The van der Waals surface area contributed by atoms with Crippen molar-refractivity contribution < 1.29 is 14.0 Å². The van der Waals surface area contributed by atoms with E-state index in [9.17, 15) is 14.0 Å². The summed E-state index contributed by atoms with van der Waals surface area (Å²) in [5, 5.41) is 6.09. The molecule has 0 radical (unpaired) electrons. The van der Waals surface area contributed by atoms with E-state index in [-0.39, 0.29) is 17.6 Å². The van der Waals surface area contributed by atoms with Crippen LogP contribution in [0.1, 0.15) is 15.9 Å². The van der Waals surface area contributed by atoms with Crippen molar-refractivity contribution in [3.63, 3.8) is 0 Å². The first kappa shape index (κ1) is 22.9. The van der Waals surface area contributed by atoms with Gasteiger partial charge in [0.1, 0.15) is 5.82 Å². The summed E-state index contributed by atoms with van der Waals surface area (Å²) in [6.07, 6.45) is 0. The normalized spacial score (nSPS) is 14.1. The Morgan fingerprint density at radius 1 is 0.886 bits per heavy atom. The number of nitrogens with one attached hydrogen (secondary N) is 2. The third-order valence-electron chi connectivity index (χ3n) is 5.91. The monoisotopic (exact) mass is 489 g/mol. The number of piperazine rings is 1. The van der Waals surface area contributed by atoms with Gasteiger partial charge in [-0.3, -0.25) is 15.0 Å². The number of thiazole rings is 1. The van der Waals surface area contributed by atoms with Crippen LogP contribution in [-0.4, -0.2) is 52.9 Å². The SMILES string of the molecule is O=C(Nc1nc2ccccc2s1)c1ccc(CN2CCN(C(=O)Nc3ccccc3F)CC2)cc1. The zero-order chi connectivity index (χ0) is 24.2. The molecule has 1 saturated heterocycles. The molecule has 1 fully saturated rings. The van der Waals surface area contributed by atoms with Crippen molar-refractivity contribution >= 4 is 44.3 Å². The Hall–Kier alpha value is -3.82. The van der Waals surface area contributed by atoms with E-state index in [0.29, 0.717) is 36.9 Å². The van der Waals surface area contributed by atoms with Crippen LogP contribution in [0.4, 0.5) is 20.0 Å². The molecular formula is C26H24FN5O2S. The summed E-state index contributed by atoms with van der Waals surface area (Å²) >= 11 is 1.45. The Morgan fingerprint density at radius 3 is 2.34 bits per heavy atom. The maximum absolute atomic E-state index is 13.8. The predicted octanol–water partition coefficient (Wildman–Crippen LogP) is 5.04. The maximum Gasteiger partial charge on any atom is 0.322 e. The molecule has 3 aromatic carbocycles. The lowest BCUT2D eigenvalue weighted by molar-refractivity contribution is 0.102. The van der Waals surface area contributed by atoms with Gasteiger partial charge in [0.25, 0.3) is 5.91 Å². The van der Waals surface area contributed by atoms with Crippen LogP contribution in [-0.2, 0) is 6.54 Å². The summed E-state index contributed by atoms with van der Waals surface area (Å²) in [6.45, 7) is 3.27. The van der Waals surface area contributed by atoms with Gasteiger partial charge in [0.05, 0.1) is 15.9 Å². The van der Waals surface area contributed by atoms with Gasteiger partial charge in [-0.05, 0) is 42.0 Å². The minimum Gasteiger partial charge on any atom is -0.322 e. The summed E-state index contributed by atoms with van der Waals surface area (Å²) in [6, 6.07) is 21.2. The highest BCUT2D eigenvalue weighted by Gasteiger charge is 2.22. The molecular weight excluding hydrogens is 465 g/mol. The second-order valence-corrected chi connectivity index (χ2v) is 9.34. The summed E-state index contributed by atoms with van der Waals surface area (Å²) in [4.78, 5) is 33.5. The van der Waals surface area contributed by atoms with Gasteiger partial charge in [0, 0.05) is 38.3 Å². The zero-order valence-corrected chi connectivity index (χ0v) is 19.7. The van der Waals surface area contributed by atoms with Gasteiger partial charge >= 0.3 is 6.03 Å². The van der Waals surface area contributed by atoms with Crippen LogP contribution in [0.2, 0.25) is 0 Å². The molecule has 1 aliphatic rings. The van der Waals surface area contributed by atoms with Gasteiger partial charge in [-0.2, -0.15) is 0 Å². The number of aromatic nitrogens is 1. The predicted molar refractivity (Wildman–Crippen MR) is 136 cm³/mol. The van der Waals surface area contributed by atoms with E-state index < -0.39 is 5.82 Å². The molecule has 0 aliphatic carbocycles. The largest absolute Gasteiger partial charge is 0.322 e. The number of amides is 3. The number of rotatable bonds is 5. The van der Waals surface area contributed by atoms with Crippen LogP contribution < -0.4 is 10.6 Å². The fourth-order valence-electron chi connectivity index (χ4n) is 3.98. The number of hydrogen-bond acceptors (Lipinski definition) is 5. The van der Waals surface area contributed by atoms with Crippen LogP contribution in [0.25, 0.3) is 10.2 Å². The molecule has 2 heterocycles. The van der Waals surface area contributed by atoms with Crippen LogP contribution >= 0.6 is 11.3 Å². The third kappa shape index (κ3) is 5.47. The molecule has 1 aromatic heterocycles. The number of carbonyl (C=O) groups is 2. The number of anilines is 2. The van der Waals surface area contributed by atoms with Gasteiger partial charge < -0.3 is 10.2 Å². The molecule has 0 spiro atoms. The number of urea groups is 1. The van der Waals surface area contributed by atoms with Gasteiger partial charge in [0.15, 0.2) is 5.13 Å². The van der Waals surface area contributed by atoms with Crippen molar-refractivity contribution in [1.29, 1.82) is 0 Å². The van der Waals surface area contributed by atoms with E-state index in [0.717, 1.165) is 22.3 Å². The van der Waals surface area contributed by atoms with Gasteiger partial charge in [-0.25, -0.2) is 14.2 Å². The summed E-state index contributed by atoms with van der Waals surface area (Å²) < 4.78 is 14.8. The fraction of sp³-hybridized carbons (Fsp3) is 0.192. The zero-order valence-electron chi connectivity index (χ0n) is 18.9. The van der Waals surface area contributed by atoms with Crippen LogP contribution in [0.5, 0.6) is 0 Å². The number of nitrogens with zero attached hydrogens (tertiary/aromatic N) is 3. The summed E-state index contributed by atoms with van der Waals surface area (Å²) in [5.74, 6) is -0.637. The van der Waals surface area contributed by atoms with E-state index in [1.165, 1.54) is 17.4 Å². The molecule has 7 nitrogen and oxygen atoms in total. The van der Waals surface area contributed by atoms with E-state index >= 15 is 0 Å². The quantitative estimate of drug-likeness (QED) is 0.412. The van der Waals surface area contributed by atoms with Crippen molar-refractivity contribution in [1.82, 2.24) is 14.8 Å². The molecule has 9 heteroatoms. The number of fused-ring (bicyclic) bond motifs is 1. The summed E-state index contributed by atoms with van der Waals surface area (Å²) in [5.41, 5.74) is 2.72. The van der Waals surface area contributed by atoms with Gasteiger partial charge in [-0.1, -0.05) is 47.7 Å². The lowest BCUT2D eigenvalue weighted by atomic mass is 10.1. The Kier molecular flexibility index (Phi) is 6.69. The average molecular weight is 490 g/mol. The van der Waals surface area contributed by atoms with Crippen molar-refractivity contribution in [2.45, 2.75) is 6.54 Å². The van der Waals surface area contributed by atoms with E-state index in [4.69, 9.17) is 0 Å². The molecule has 35 heavy (non-hydrogen) atoms. The molecule has 2 N–H and O–H groups in total. The average Bonchev–Trinajstić information content (AvgIpc) is 3.28. The molecule has 3 amide bonds. The lowest BCUT2D eigenvalue weighted by Gasteiger charge is -2.34. The molecule has 0 unspecified atom stereocenters. The minimum atomic E-state index is -0.448. The topological polar surface area (TPSA) is 77.6 Å². The Labute approximate surface area is 206 Å². The van der Waals surface area contributed by atoms with Crippen molar-refractivity contribution in [3.8, 4) is 0 Å². The second kappa shape index (κ2) is 10.2. The van der Waals surface area contributed by atoms with E-state index in [2.05, 4.69) is 20.5 Å². The lowest BCUT2D eigenvalue weighted by Crippen LogP contribution is -2.49. The Bertz CT molecular complexity index is 1320. The van der Waals surface area contributed by atoms with E-state index in [1.54, 1.807) is 23.1 Å². The molecule has 0 atom stereocenters. The maximum atomic E-state index is 13.8. The summed E-state index contributed by atoms with van der Waals surface area (Å²) in [7, 11) is 0. The number of carbonyl (C=O) groups excluding carboxylic acids is 2. The molecule has 1 aliphatic heterocycles. The van der Waals surface area contributed by atoms with Gasteiger partial charge in [0.2, 0.25) is 0 Å². The second-order valence-electron chi connectivity index (χ2n) is 8.31. The molecule has 178 valence electrons. The number of para-hydroxylation sites is 2. The molecule has 5 rings (SSSR count). The molecule has 0 saturated carbocycles. The van der Waals surface area contributed by atoms with Crippen LogP contribution in [0.3, 0.4) is 0 Å². The molecule has 4 aromatic rings. The number of halogens is 1. The highest BCUT2D eigenvalue weighted by Crippen LogP contribution is 2.25. The standard InChI is InChI=1S/C26H24FN5O2S/c27-20-5-1-2-6-21(20)29-26(34)32-15-13-31(14-16-32)17-18-9-11-19(12-10-18)24(33)30-25-28-22-7-3-4-8-23(22)35-25/h1-12H,13-17H2,(H,29,34)(H,28,30,33). The van der Waals surface area contributed by atoms with Crippen LogP contribution in [0, 0.1) is 5.82 Å². The smallest absolute Gasteiger partial charge is 0.322 e. The highest BCUT2D eigenvalue weighted by molar-refractivity contribution is 7.22.